The first-order valence-corrected chi connectivity index (χ1v) is 7.19. The summed E-state index contributed by atoms with van der Waals surface area (Å²) in [5.74, 6) is 2.26. The number of ether oxygens (including phenoxy) is 3. The molecule has 20 heavy (non-hydrogen) atoms. The molecule has 0 spiro atoms. The molecule has 0 unspecified atom stereocenters. The molecule has 112 valence electrons. The fourth-order valence-corrected chi connectivity index (χ4v) is 2.02. The summed E-state index contributed by atoms with van der Waals surface area (Å²) in [6, 6.07) is 1.80. The number of aromatic nitrogens is 1. The number of methoxy groups -OCH3 is 2. The summed E-state index contributed by atoms with van der Waals surface area (Å²) in [4.78, 5) is 4.32. The number of rotatable bonds is 10. The summed E-state index contributed by atoms with van der Waals surface area (Å²) >= 11 is 0. The second-order valence-electron chi connectivity index (χ2n) is 5.04. The van der Waals surface area contributed by atoms with Gasteiger partial charge in [0.1, 0.15) is 0 Å². The summed E-state index contributed by atoms with van der Waals surface area (Å²) in [6.45, 7) is 3.34. The molecule has 1 fully saturated rings. The van der Waals surface area contributed by atoms with Crippen molar-refractivity contribution in [1.82, 2.24) is 10.3 Å². The third kappa shape index (κ3) is 4.65. The second kappa shape index (κ2) is 8.07. The van der Waals surface area contributed by atoms with Crippen LogP contribution in [0.5, 0.6) is 11.5 Å². The molecular formula is C15H24N2O3. The zero-order valence-electron chi connectivity index (χ0n) is 12.4. The lowest BCUT2D eigenvalue weighted by Crippen LogP contribution is -2.18. The van der Waals surface area contributed by atoms with E-state index in [-0.39, 0.29) is 0 Å². The molecule has 0 amide bonds. The van der Waals surface area contributed by atoms with Crippen molar-refractivity contribution in [2.24, 2.45) is 5.92 Å². The summed E-state index contributed by atoms with van der Waals surface area (Å²) in [5.41, 5.74) is 0.866. The third-order valence-electron chi connectivity index (χ3n) is 3.35. The first-order valence-electron chi connectivity index (χ1n) is 7.19. The smallest absolute Gasteiger partial charge is 0.183 e. The van der Waals surface area contributed by atoms with Crippen molar-refractivity contribution in [3.63, 3.8) is 0 Å². The lowest BCUT2D eigenvalue weighted by atomic mass is 10.3. The molecule has 1 saturated carbocycles. The van der Waals surface area contributed by atoms with E-state index in [1.54, 1.807) is 26.5 Å². The lowest BCUT2D eigenvalue weighted by molar-refractivity contribution is 0.122. The summed E-state index contributed by atoms with van der Waals surface area (Å²) in [6.07, 6.45) is 5.44. The molecule has 1 aromatic rings. The monoisotopic (exact) mass is 280 g/mol. The third-order valence-corrected chi connectivity index (χ3v) is 3.35. The predicted molar refractivity (Wildman–Crippen MR) is 77.2 cm³/mol. The predicted octanol–water partition coefficient (Wildman–Crippen LogP) is 2.01. The topological polar surface area (TPSA) is 52.6 Å². The molecule has 0 bridgehead atoms. The Morgan fingerprint density at radius 3 is 2.85 bits per heavy atom. The van der Waals surface area contributed by atoms with Gasteiger partial charge in [-0.2, -0.15) is 0 Å². The molecule has 5 nitrogen and oxygen atoms in total. The molecule has 0 aliphatic heterocycles. The standard InChI is InChI=1S/C15H24N2O3/c1-18-14-6-8-17-13(15(14)19-2)10-16-7-3-9-20-11-12-4-5-12/h6,8,12,16H,3-5,7,9-11H2,1-2H3. The maximum Gasteiger partial charge on any atom is 0.183 e. The van der Waals surface area contributed by atoms with E-state index in [1.807, 2.05) is 0 Å². The van der Waals surface area contributed by atoms with Crippen LogP contribution >= 0.6 is 0 Å². The lowest BCUT2D eigenvalue weighted by Gasteiger charge is -2.12. The van der Waals surface area contributed by atoms with Crippen LogP contribution in [-0.4, -0.2) is 39.0 Å². The van der Waals surface area contributed by atoms with Gasteiger partial charge >= 0.3 is 0 Å². The molecule has 1 aliphatic rings. The van der Waals surface area contributed by atoms with Crippen LogP contribution in [0.2, 0.25) is 0 Å². The quantitative estimate of drug-likeness (QED) is 0.664. The van der Waals surface area contributed by atoms with Crippen LogP contribution in [0, 0.1) is 5.92 Å². The molecule has 1 N–H and O–H groups in total. The van der Waals surface area contributed by atoms with E-state index < -0.39 is 0 Å². The van der Waals surface area contributed by atoms with Gasteiger partial charge in [-0.1, -0.05) is 0 Å². The minimum absolute atomic E-state index is 0.670. The Morgan fingerprint density at radius 2 is 2.15 bits per heavy atom. The van der Waals surface area contributed by atoms with E-state index in [9.17, 15) is 0 Å². The van der Waals surface area contributed by atoms with Crippen molar-refractivity contribution in [3.8, 4) is 11.5 Å². The normalized spacial score (nSPS) is 14.3. The number of nitrogens with zero attached hydrogens (tertiary/aromatic N) is 1. The molecule has 1 aliphatic carbocycles. The van der Waals surface area contributed by atoms with Crippen molar-refractivity contribution in [1.29, 1.82) is 0 Å². The van der Waals surface area contributed by atoms with Crippen LogP contribution < -0.4 is 14.8 Å². The van der Waals surface area contributed by atoms with Gasteiger partial charge in [0.2, 0.25) is 0 Å². The molecule has 0 aromatic carbocycles. The highest BCUT2D eigenvalue weighted by Gasteiger charge is 2.20. The molecule has 0 saturated heterocycles. The molecule has 5 heteroatoms. The first kappa shape index (κ1) is 15.1. The van der Waals surface area contributed by atoms with E-state index in [4.69, 9.17) is 14.2 Å². The summed E-state index contributed by atoms with van der Waals surface area (Å²) in [7, 11) is 3.26. The van der Waals surface area contributed by atoms with Crippen molar-refractivity contribution < 1.29 is 14.2 Å². The highest BCUT2D eigenvalue weighted by molar-refractivity contribution is 5.42. The van der Waals surface area contributed by atoms with Crippen molar-refractivity contribution in [2.45, 2.75) is 25.8 Å². The van der Waals surface area contributed by atoms with Gasteiger partial charge in [-0.3, -0.25) is 4.98 Å². The number of nitrogens with one attached hydrogen (secondary N) is 1. The Hall–Kier alpha value is -1.33. The highest BCUT2D eigenvalue weighted by Crippen LogP contribution is 2.29. The SMILES string of the molecule is COc1ccnc(CNCCCOCC2CC2)c1OC. The Bertz CT molecular complexity index is 408. The molecule has 0 atom stereocenters. The summed E-state index contributed by atoms with van der Waals surface area (Å²) < 4.78 is 16.2. The average molecular weight is 280 g/mol. The Balaban J connectivity index is 1.65. The van der Waals surface area contributed by atoms with Crippen LogP contribution in [0.1, 0.15) is 25.0 Å². The Labute approximate surface area is 120 Å². The maximum absolute atomic E-state index is 5.59. The molecular weight excluding hydrogens is 256 g/mol. The summed E-state index contributed by atoms with van der Waals surface area (Å²) in [5, 5.41) is 3.35. The first-order chi connectivity index (χ1) is 9.85. The van der Waals surface area contributed by atoms with E-state index >= 15 is 0 Å². The van der Waals surface area contributed by atoms with Gasteiger partial charge in [0.15, 0.2) is 11.5 Å². The van der Waals surface area contributed by atoms with Crippen LogP contribution in [0.25, 0.3) is 0 Å². The Morgan fingerprint density at radius 1 is 1.30 bits per heavy atom. The van der Waals surface area contributed by atoms with E-state index in [2.05, 4.69) is 10.3 Å². The van der Waals surface area contributed by atoms with Crippen molar-refractivity contribution >= 4 is 0 Å². The van der Waals surface area contributed by atoms with Gasteiger partial charge in [0.05, 0.1) is 19.9 Å². The molecule has 1 aromatic heterocycles. The van der Waals surface area contributed by atoms with Crippen molar-refractivity contribution in [2.75, 3.05) is 34.0 Å². The number of hydrogen-bond acceptors (Lipinski definition) is 5. The van der Waals surface area contributed by atoms with Crippen LogP contribution in [-0.2, 0) is 11.3 Å². The van der Waals surface area contributed by atoms with Crippen molar-refractivity contribution in [3.05, 3.63) is 18.0 Å². The van der Waals surface area contributed by atoms with Gasteiger partial charge in [-0.05, 0) is 31.7 Å². The van der Waals surface area contributed by atoms with E-state index in [0.717, 1.165) is 37.8 Å². The van der Waals surface area contributed by atoms with Gasteiger partial charge in [-0.15, -0.1) is 0 Å². The van der Waals surface area contributed by atoms with Crippen LogP contribution in [0.4, 0.5) is 0 Å². The van der Waals surface area contributed by atoms with E-state index in [0.29, 0.717) is 18.0 Å². The second-order valence-corrected chi connectivity index (χ2v) is 5.04. The fourth-order valence-electron chi connectivity index (χ4n) is 2.02. The zero-order valence-corrected chi connectivity index (χ0v) is 12.4. The largest absolute Gasteiger partial charge is 0.493 e. The molecule has 2 rings (SSSR count). The van der Waals surface area contributed by atoms with E-state index in [1.165, 1.54) is 12.8 Å². The fraction of sp³-hybridized carbons (Fsp3) is 0.667. The zero-order chi connectivity index (χ0) is 14.2. The minimum Gasteiger partial charge on any atom is -0.493 e. The Kier molecular flexibility index (Phi) is 6.08. The molecule has 0 radical (unpaired) electrons. The van der Waals surface area contributed by atoms with Crippen LogP contribution in [0.3, 0.4) is 0 Å². The van der Waals surface area contributed by atoms with Gasteiger partial charge in [-0.25, -0.2) is 0 Å². The van der Waals surface area contributed by atoms with Gasteiger partial charge in [0.25, 0.3) is 0 Å². The van der Waals surface area contributed by atoms with Gasteiger partial charge < -0.3 is 19.5 Å². The average Bonchev–Trinajstić information content (AvgIpc) is 3.30. The number of hydrogen-bond donors (Lipinski definition) is 1. The highest BCUT2D eigenvalue weighted by atomic mass is 16.5. The maximum atomic E-state index is 5.59. The minimum atomic E-state index is 0.670. The molecule has 1 heterocycles. The van der Waals surface area contributed by atoms with Gasteiger partial charge in [0, 0.05) is 32.0 Å². The number of pyridine rings is 1. The van der Waals surface area contributed by atoms with Crippen LogP contribution in [0.15, 0.2) is 12.3 Å².